The number of hydrogen-bond donors (Lipinski definition) is 5. The summed E-state index contributed by atoms with van der Waals surface area (Å²) >= 11 is 0. The van der Waals surface area contributed by atoms with Crippen molar-refractivity contribution in [3.8, 4) is 96.7 Å². The van der Waals surface area contributed by atoms with Crippen molar-refractivity contribution in [1.82, 2.24) is 78.5 Å². The zero-order chi connectivity index (χ0) is 93.6. The summed E-state index contributed by atoms with van der Waals surface area (Å²) in [6.07, 6.45) is 10.9. The molecular formula is C99H107F2N21O12. The summed E-state index contributed by atoms with van der Waals surface area (Å²) in [6.45, 7) is 22.1. The monoisotopic (exact) mass is 1820 g/mol. The van der Waals surface area contributed by atoms with Gasteiger partial charge >= 0.3 is 0 Å². The van der Waals surface area contributed by atoms with Crippen molar-refractivity contribution in [1.29, 1.82) is 0 Å². The highest BCUT2D eigenvalue weighted by Gasteiger charge is 2.24. The SMILES string of the molecule is COc1ccc(-c2cc(=O)n3cc(N4CCNCC4)ccc3n2)c(OC)c1.COc1ccc(-c2cc(=O)n3cc(N4CCNCC4)ccc3n2)cn1.COc1ccc(-c2cc(=O)n3cc(N4CCN[C@@H](C)C4)ccc3n2)c(OC)c1.COc1ccc(-c2cc(=O)n3cc(N4CCN[C@@H](C)C4)ccc3n2)cc1F.COc1ccc(-c2cc(=O)n3cc(N4CCN[C@H](C)C4)ccc3n2)cc1F. The summed E-state index contributed by atoms with van der Waals surface area (Å²) in [7, 11) is 10.8. The molecule has 0 radical (unpaired) electrons. The minimum absolute atomic E-state index is 0.104. The van der Waals surface area contributed by atoms with E-state index in [0.717, 1.165) is 156 Å². The van der Waals surface area contributed by atoms with Gasteiger partial charge in [0.1, 0.15) is 51.2 Å². The number of nitrogens with one attached hydrogen (secondary N) is 5. The molecule has 0 saturated carbocycles. The predicted octanol–water partition coefficient (Wildman–Crippen LogP) is 9.75. The van der Waals surface area contributed by atoms with E-state index in [1.165, 1.54) is 65.5 Å². The fourth-order valence-electron chi connectivity index (χ4n) is 16.8. The van der Waals surface area contributed by atoms with Gasteiger partial charge in [0.05, 0.1) is 107 Å². The number of halogens is 2. The lowest BCUT2D eigenvalue weighted by molar-refractivity contribution is 0.386. The number of methoxy groups -OCH3 is 7. The number of fused-ring (bicyclic) bond motifs is 5. The van der Waals surface area contributed by atoms with Gasteiger partial charge in [0, 0.05) is 243 Å². The van der Waals surface area contributed by atoms with Crippen LogP contribution in [0.1, 0.15) is 20.8 Å². The van der Waals surface area contributed by atoms with Gasteiger partial charge in [-0.2, -0.15) is 0 Å². The first kappa shape index (κ1) is 92.4. The van der Waals surface area contributed by atoms with Crippen molar-refractivity contribution in [2.45, 2.75) is 38.9 Å². The van der Waals surface area contributed by atoms with Gasteiger partial charge in [0.2, 0.25) is 5.88 Å². The maximum Gasteiger partial charge on any atom is 0.258 e. The molecule has 5 N–H and O–H groups in total. The Kier molecular flexibility index (Phi) is 29.0. The van der Waals surface area contributed by atoms with Crippen LogP contribution >= 0.6 is 0 Å². The molecule has 0 aliphatic carbocycles. The van der Waals surface area contributed by atoms with Crippen LogP contribution in [0.5, 0.6) is 40.4 Å². The highest BCUT2D eigenvalue weighted by Crippen LogP contribution is 2.36. The predicted molar refractivity (Wildman–Crippen MR) is 517 cm³/mol. The zero-order valence-electron chi connectivity index (χ0n) is 76.3. The van der Waals surface area contributed by atoms with Gasteiger partial charge in [-0.3, -0.25) is 46.0 Å². The van der Waals surface area contributed by atoms with Crippen molar-refractivity contribution in [2.75, 3.05) is 186 Å². The molecule has 0 bridgehead atoms. The Morgan fingerprint density at radius 3 is 0.888 bits per heavy atom. The van der Waals surface area contributed by atoms with Crippen molar-refractivity contribution in [3.05, 3.63) is 277 Å². The quantitative estimate of drug-likeness (QED) is 0.0566. The topological polar surface area (TPSA) is 326 Å². The van der Waals surface area contributed by atoms with E-state index in [2.05, 4.69) is 102 Å². The van der Waals surface area contributed by atoms with Gasteiger partial charge < -0.3 is 84.2 Å². The van der Waals surface area contributed by atoms with E-state index in [0.29, 0.717) is 115 Å². The van der Waals surface area contributed by atoms with Crippen molar-refractivity contribution in [2.24, 2.45) is 0 Å². The standard InChI is InChI=1S/C21H24N4O3.2C20H21FN4O2.C20H22N4O3.C18H19N5O2/c1-14-12-24(9-8-22-14)15-4-7-20-23-18(11-21(26)25(20)13-15)17-6-5-16(27-2)10-19(17)28-3;2*1-13-11-24(8-7-22-13)15-4-6-19-23-17(10-20(26)25(19)12-15)14-3-5-18(27-2)16(21)9-14;1-26-15-4-5-16(18(11-15)27-2)17-12-20(25)24-13-14(3-6-19(24)22-17)23-9-7-21-8-10-23;1-25-17-5-2-13(11-20-17)15-10-18(24)23-12-14(3-4-16(23)21-15)22-8-6-19-7-9-22/h4-7,10-11,13-14,22H,8-9,12H2,1-3H3;2*3-6,9-10,12-13,22H,7-8,11H2,1-2H3;3-6,11-13,21H,7-10H2,1-2H3;2-5,10-12,19H,6-9H2,1H3/t14-;2*13-;;/m010../s1. The Balaban J connectivity index is 0.000000122. The van der Waals surface area contributed by atoms with Crippen molar-refractivity contribution >= 4 is 56.7 Å². The van der Waals surface area contributed by atoms with E-state index in [4.69, 9.17) is 33.2 Å². The van der Waals surface area contributed by atoms with Gasteiger partial charge in [-0.15, -0.1) is 0 Å². The second-order valence-corrected chi connectivity index (χ2v) is 32.8. The Hall–Kier alpha value is -14.9. The summed E-state index contributed by atoms with van der Waals surface area (Å²) < 4.78 is 72.2. The molecule has 35 heteroatoms. The fourth-order valence-corrected chi connectivity index (χ4v) is 16.8. The number of aromatic nitrogens is 11. The number of pyridine rings is 6. The number of anilines is 5. The molecule has 5 fully saturated rings. The second kappa shape index (κ2) is 42.1. The van der Waals surface area contributed by atoms with Gasteiger partial charge in [0.15, 0.2) is 23.1 Å². The third kappa shape index (κ3) is 21.3. The second-order valence-electron chi connectivity index (χ2n) is 32.8. The van der Waals surface area contributed by atoms with Gasteiger partial charge in [0.25, 0.3) is 27.8 Å². The average molecular weight is 1820 g/mol. The first-order chi connectivity index (χ1) is 65.1. The van der Waals surface area contributed by atoms with E-state index in [-0.39, 0.29) is 39.3 Å². The highest BCUT2D eigenvalue weighted by molar-refractivity contribution is 5.73. The molecule has 11 aromatic heterocycles. The van der Waals surface area contributed by atoms with Gasteiger partial charge in [-0.05, 0) is 148 Å². The van der Waals surface area contributed by atoms with Gasteiger partial charge in [-0.1, -0.05) is 0 Å². The van der Waals surface area contributed by atoms with E-state index in [1.54, 1.807) is 97.4 Å². The van der Waals surface area contributed by atoms with Crippen molar-refractivity contribution in [3.63, 3.8) is 0 Å². The van der Waals surface area contributed by atoms with Crippen LogP contribution < -0.4 is 112 Å². The summed E-state index contributed by atoms with van der Waals surface area (Å²) in [5.74, 6) is 2.48. The molecule has 134 heavy (non-hydrogen) atoms. The molecule has 4 aromatic carbocycles. The Bertz CT molecular complexity index is 6900. The molecule has 3 atom stereocenters. The lowest BCUT2D eigenvalue weighted by Crippen LogP contribution is -2.49. The maximum absolute atomic E-state index is 14.0. The smallest absolute Gasteiger partial charge is 0.258 e. The van der Waals surface area contributed by atoms with Crippen LogP contribution in [0.2, 0.25) is 0 Å². The van der Waals surface area contributed by atoms with E-state index >= 15 is 0 Å². The Morgan fingerprint density at radius 1 is 0.299 bits per heavy atom. The zero-order valence-corrected chi connectivity index (χ0v) is 76.3. The number of nitrogens with zero attached hydrogens (tertiary/aromatic N) is 16. The molecule has 0 spiro atoms. The molecule has 33 nitrogen and oxygen atoms in total. The number of hydrogen-bond acceptors (Lipinski definition) is 28. The molecule has 5 aliphatic rings. The number of benzene rings is 4. The third-order valence-electron chi connectivity index (χ3n) is 23.9. The fraction of sp³-hybridized carbons (Fsp3) is 0.303. The molecule has 0 unspecified atom stereocenters. The van der Waals surface area contributed by atoms with Crippen LogP contribution in [-0.2, 0) is 0 Å². The first-order valence-electron chi connectivity index (χ1n) is 44.3. The lowest BCUT2D eigenvalue weighted by Gasteiger charge is -2.33. The minimum Gasteiger partial charge on any atom is -0.497 e. The van der Waals surface area contributed by atoms with Gasteiger partial charge in [-0.25, -0.2) is 38.7 Å². The van der Waals surface area contributed by atoms with Crippen LogP contribution in [0, 0.1) is 11.6 Å². The largest absolute Gasteiger partial charge is 0.497 e. The summed E-state index contributed by atoms with van der Waals surface area (Å²) in [6, 6.07) is 51.7. The molecule has 16 heterocycles. The Labute approximate surface area is 770 Å². The van der Waals surface area contributed by atoms with E-state index in [9.17, 15) is 32.8 Å². The number of ether oxygens (including phenoxy) is 7. The molecule has 694 valence electrons. The lowest BCUT2D eigenvalue weighted by atomic mass is 10.1. The number of piperazine rings is 5. The average Bonchev–Trinajstić information content (AvgIpc) is 0.792. The Morgan fingerprint density at radius 2 is 0.597 bits per heavy atom. The van der Waals surface area contributed by atoms with E-state index < -0.39 is 11.6 Å². The van der Waals surface area contributed by atoms with Crippen LogP contribution in [0.4, 0.5) is 37.2 Å². The maximum atomic E-state index is 14.0. The van der Waals surface area contributed by atoms with Crippen LogP contribution in [0.3, 0.4) is 0 Å². The van der Waals surface area contributed by atoms with Crippen molar-refractivity contribution < 1.29 is 41.9 Å². The first-order valence-corrected chi connectivity index (χ1v) is 44.3. The molecule has 0 amide bonds. The number of rotatable bonds is 17. The molecular weight excluding hydrogens is 1710 g/mol. The molecule has 5 aliphatic heterocycles. The summed E-state index contributed by atoms with van der Waals surface area (Å²) in [5.41, 5.74) is 13.2. The van der Waals surface area contributed by atoms with Crippen LogP contribution in [0.15, 0.2) is 237 Å². The molecule has 5 saturated heterocycles. The minimum atomic E-state index is -0.486. The van der Waals surface area contributed by atoms with Crippen LogP contribution in [-0.4, -0.2) is 231 Å². The molecule has 20 rings (SSSR count). The molecule has 15 aromatic rings. The van der Waals surface area contributed by atoms with E-state index in [1.807, 2.05) is 122 Å². The summed E-state index contributed by atoms with van der Waals surface area (Å²) in [4.78, 5) is 102. The normalized spacial score (nSPS) is 16.1. The van der Waals surface area contributed by atoms with Crippen LogP contribution in [0.25, 0.3) is 84.5 Å². The summed E-state index contributed by atoms with van der Waals surface area (Å²) in [5, 5.41) is 16.9. The highest BCUT2D eigenvalue weighted by atomic mass is 19.1. The third-order valence-corrected chi connectivity index (χ3v) is 23.9.